The van der Waals surface area contributed by atoms with Crippen molar-refractivity contribution < 1.29 is 23.1 Å². The summed E-state index contributed by atoms with van der Waals surface area (Å²) < 4.78 is 34.8. The summed E-state index contributed by atoms with van der Waals surface area (Å²) in [5.41, 5.74) is 0. The summed E-state index contributed by atoms with van der Waals surface area (Å²) in [5, 5.41) is 12.3. The van der Waals surface area contributed by atoms with Gasteiger partial charge in [0.2, 0.25) is 0 Å². The molecule has 0 heterocycles. The van der Waals surface area contributed by atoms with Crippen LogP contribution in [-0.4, -0.2) is 37.0 Å². The SMILES string of the molecule is O=C(NCCCCO)NCC(F)(F)F. The van der Waals surface area contributed by atoms with Crippen LogP contribution in [-0.2, 0) is 0 Å². The molecule has 0 aromatic carbocycles. The van der Waals surface area contributed by atoms with Crippen molar-refractivity contribution in [3.8, 4) is 0 Å². The van der Waals surface area contributed by atoms with Gasteiger partial charge in [-0.1, -0.05) is 0 Å². The molecule has 84 valence electrons. The van der Waals surface area contributed by atoms with Crippen LogP contribution in [0.1, 0.15) is 12.8 Å². The molecule has 0 aromatic heterocycles. The van der Waals surface area contributed by atoms with Crippen molar-refractivity contribution in [1.29, 1.82) is 0 Å². The van der Waals surface area contributed by atoms with E-state index in [-0.39, 0.29) is 13.2 Å². The molecule has 0 aliphatic carbocycles. The highest BCUT2D eigenvalue weighted by molar-refractivity contribution is 5.73. The van der Waals surface area contributed by atoms with Crippen LogP contribution in [0, 0.1) is 0 Å². The van der Waals surface area contributed by atoms with Gasteiger partial charge in [-0.2, -0.15) is 13.2 Å². The summed E-state index contributed by atoms with van der Waals surface area (Å²) in [5.74, 6) is 0. The van der Waals surface area contributed by atoms with Crippen LogP contribution in [0.5, 0.6) is 0 Å². The Hall–Kier alpha value is -0.980. The largest absolute Gasteiger partial charge is 0.405 e. The zero-order chi connectivity index (χ0) is 11.0. The van der Waals surface area contributed by atoms with Gasteiger partial charge >= 0.3 is 12.2 Å². The molecule has 0 aliphatic rings. The summed E-state index contributed by atoms with van der Waals surface area (Å²) >= 11 is 0. The van der Waals surface area contributed by atoms with Gasteiger partial charge in [-0.3, -0.25) is 0 Å². The Morgan fingerprint density at radius 1 is 1.21 bits per heavy atom. The lowest BCUT2D eigenvalue weighted by atomic mass is 10.3. The molecular weight excluding hydrogens is 201 g/mol. The number of halogens is 3. The first-order valence-corrected chi connectivity index (χ1v) is 4.15. The summed E-state index contributed by atoms with van der Waals surface area (Å²) in [4.78, 5) is 10.7. The zero-order valence-corrected chi connectivity index (χ0v) is 7.52. The van der Waals surface area contributed by atoms with E-state index in [1.54, 1.807) is 5.32 Å². The van der Waals surface area contributed by atoms with E-state index in [0.29, 0.717) is 12.8 Å². The maximum absolute atomic E-state index is 11.6. The minimum atomic E-state index is -4.39. The number of amides is 2. The second-order valence-electron chi connectivity index (χ2n) is 2.66. The van der Waals surface area contributed by atoms with Crippen molar-refractivity contribution in [1.82, 2.24) is 10.6 Å². The first-order valence-electron chi connectivity index (χ1n) is 4.15. The molecule has 0 radical (unpaired) electrons. The minimum Gasteiger partial charge on any atom is -0.396 e. The lowest BCUT2D eigenvalue weighted by Gasteiger charge is -2.09. The normalized spacial score (nSPS) is 11.1. The number of urea groups is 1. The van der Waals surface area contributed by atoms with Crippen molar-refractivity contribution in [3.05, 3.63) is 0 Å². The fraction of sp³-hybridized carbons (Fsp3) is 0.857. The summed E-state index contributed by atoms with van der Waals surface area (Å²) in [6.07, 6.45) is -3.34. The zero-order valence-electron chi connectivity index (χ0n) is 7.52. The molecule has 14 heavy (non-hydrogen) atoms. The number of unbranched alkanes of at least 4 members (excludes halogenated alkanes) is 1. The van der Waals surface area contributed by atoms with Gasteiger partial charge in [0.1, 0.15) is 6.54 Å². The van der Waals surface area contributed by atoms with Crippen molar-refractivity contribution in [3.63, 3.8) is 0 Å². The number of aliphatic hydroxyl groups is 1. The van der Waals surface area contributed by atoms with E-state index in [1.807, 2.05) is 0 Å². The third-order valence-electron chi connectivity index (χ3n) is 1.32. The van der Waals surface area contributed by atoms with E-state index in [1.165, 1.54) is 0 Å². The third-order valence-corrected chi connectivity index (χ3v) is 1.32. The predicted molar refractivity (Wildman–Crippen MR) is 43.8 cm³/mol. The first kappa shape index (κ1) is 13.0. The molecule has 0 saturated heterocycles. The Kier molecular flexibility index (Phi) is 6.02. The van der Waals surface area contributed by atoms with Crippen molar-refractivity contribution in [2.24, 2.45) is 0 Å². The Morgan fingerprint density at radius 2 is 1.86 bits per heavy atom. The Labute approximate surface area is 79.5 Å². The van der Waals surface area contributed by atoms with Crippen LogP contribution in [0.15, 0.2) is 0 Å². The molecule has 0 aromatic rings. The van der Waals surface area contributed by atoms with Gasteiger partial charge in [-0.15, -0.1) is 0 Å². The van der Waals surface area contributed by atoms with Crippen molar-refractivity contribution >= 4 is 6.03 Å². The predicted octanol–water partition coefficient (Wildman–Crippen LogP) is 0.620. The Morgan fingerprint density at radius 3 is 2.36 bits per heavy atom. The monoisotopic (exact) mass is 214 g/mol. The van der Waals surface area contributed by atoms with Crippen molar-refractivity contribution in [2.45, 2.75) is 19.0 Å². The smallest absolute Gasteiger partial charge is 0.396 e. The summed E-state index contributed by atoms with van der Waals surface area (Å²) in [6, 6.07) is -0.847. The average molecular weight is 214 g/mol. The molecule has 4 nitrogen and oxygen atoms in total. The number of hydrogen-bond donors (Lipinski definition) is 3. The Bertz CT molecular complexity index is 173. The van der Waals surface area contributed by atoms with Gasteiger partial charge in [-0.05, 0) is 12.8 Å². The fourth-order valence-electron chi connectivity index (χ4n) is 0.682. The molecule has 0 rings (SSSR count). The maximum Gasteiger partial charge on any atom is 0.405 e. The molecule has 0 spiro atoms. The van der Waals surface area contributed by atoms with Crippen molar-refractivity contribution in [2.75, 3.05) is 19.7 Å². The van der Waals surface area contributed by atoms with Crippen LogP contribution in [0.2, 0.25) is 0 Å². The maximum atomic E-state index is 11.6. The summed E-state index contributed by atoms with van der Waals surface area (Å²) in [7, 11) is 0. The number of carbonyl (C=O) groups is 1. The quantitative estimate of drug-likeness (QED) is 0.587. The van der Waals surface area contributed by atoms with Crippen LogP contribution >= 0.6 is 0 Å². The standard InChI is InChI=1S/C7H13F3N2O2/c8-7(9,10)5-12-6(14)11-3-1-2-4-13/h13H,1-5H2,(H2,11,12,14). The topological polar surface area (TPSA) is 61.4 Å². The molecule has 2 amide bonds. The van der Waals surface area contributed by atoms with Gasteiger partial charge < -0.3 is 15.7 Å². The van der Waals surface area contributed by atoms with E-state index >= 15 is 0 Å². The second kappa shape index (κ2) is 6.47. The highest BCUT2D eigenvalue weighted by Crippen LogP contribution is 2.11. The van der Waals surface area contributed by atoms with Crippen LogP contribution in [0.4, 0.5) is 18.0 Å². The number of alkyl halides is 3. The van der Waals surface area contributed by atoms with E-state index in [9.17, 15) is 18.0 Å². The van der Waals surface area contributed by atoms with E-state index in [0.717, 1.165) is 0 Å². The van der Waals surface area contributed by atoms with Gasteiger partial charge in [0, 0.05) is 13.2 Å². The minimum absolute atomic E-state index is 0.00580. The van der Waals surface area contributed by atoms with Crippen LogP contribution < -0.4 is 10.6 Å². The lowest BCUT2D eigenvalue weighted by Crippen LogP contribution is -2.41. The van der Waals surface area contributed by atoms with Gasteiger partial charge in [0.25, 0.3) is 0 Å². The second-order valence-corrected chi connectivity index (χ2v) is 2.66. The third kappa shape index (κ3) is 9.11. The number of carbonyl (C=O) groups excluding carboxylic acids is 1. The Balaban J connectivity index is 3.38. The molecule has 0 aliphatic heterocycles. The molecule has 7 heteroatoms. The first-order chi connectivity index (χ1) is 6.45. The van der Waals surface area contributed by atoms with E-state index in [4.69, 9.17) is 5.11 Å². The fourth-order valence-corrected chi connectivity index (χ4v) is 0.682. The molecule has 0 unspecified atom stereocenters. The van der Waals surface area contributed by atoms with E-state index < -0.39 is 18.8 Å². The average Bonchev–Trinajstić information content (AvgIpc) is 2.08. The molecule has 0 fully saturated rings. The van der Waals surface area contributed by atoms with Gasteiger partial charge in [0.05, 0.1) is 0 Å². The summed E-state index contributed by atoms with van der Waals surface area (Å²) in [6.45, 7) is -1.07. The number of nitrogens with one attached hydrogen (secondary N) is 2. The molecule has 3 N–H and O–H groups in total. The number of hydrogen-bond acceptors (Lipinski definition) is 2. The molecule has 0 atom stereocenters. The molecule has 0 saturated carbocycles. The number of rotatable bonds is 5. The molecular formula is C7H13F3N2O2. The lowest BCUT2D eigenvalue weighted by molar-refractivity contribution is -0.122. The number of aliphatic hydroxyl groups excluding tert-OH is 1. The van der Waals surface area contributed by atoms with Gasteiger partial charge in [0.15, 0.2) is 0 Å². The van der Waals surface area contributed by atoms with Gasteiger partial charge in [-0.25, -0.2) is 4.79 Å². The highest BCUT2D eigenvalue weighted by atomic mass is 19.4. The highest BCUT2D eigenvalue weighted by Gasteiger charge is 2.27. The van der Waals surface area contributed by atoms with E-state index in [2.05, 4.69) is 5.32 Å². The van der Waals surface area contributed by atoms with Crippen LogP contribution in [0.25, 0.3) is 0 Å². The van der Waals surface area contributed by atoms with Crippen LogP contribution in [0.3, 0.4) is 0 Å². The molecule has 0 bridgehead atoms.